The number of aliphatic hydroxyl groups excluding tert-OH is 1. The number of hydrogen-bond donors (Lipinski definition) is 3. The lowest BCUT2D eigenvalue weighted by molar-refractivity contribution is 0.171. The molecule has 2 atom stereocenters. The molecule has 0 unspecified atom stereocenters. The van der Waals surface area contributed by atoms with Gasteiger partial charge in [0, 0.05) is 0 Å². The Bertz CT molecular complexity index is 360. The van der Waals surface area contributed by atoms with Crippen LogP contribution in [0.3, 0.4) is 0 Å². The zero-order valence-corrected chi connectivity index (χ0v) is 8.91. The molecule has 1 heterocycles. The molecule has 1 aliphatic carbocycles. The van der Waals surface area contributed by atoms with E-state index in [1.165, 1.54) is 6.33 Å². The van der Waals surface area contributed by atoms with Crippen LogP contribution in [0.4, 0.5) is 11.5 Å². The molecule has 82 valence electrons. The number of aliphatic hydroxyl groups is 1. The van der Waals surface area contributed by atoms with Crippen molar-refractivity contribution in [3.63, 3.8) is 0 Å². The molecule has 0 spiro atoms. The van der Waals surface area contributed by atoms with E-state index in [2.05, 4.69) is 15.3 Å². The summed E-state index contributed by atoms with van der Waals surface area (Å²) in [7, 11) is 0. The quantitative estimate of drug-likeness (QED) is 0.659. The predicted octanol–water partition coefficient (Wildman–Crippen LogP) is 1.04. The number of rotatable bonds is 2. The molecule has 6 heteroatoms. The lowest BCUT2D eigenvalue weighted by Gasteiger charge is -2.17. The van der Waals surface area contributed by atoms with Crippen LogP contribution in [0.15, 0.2) is 6.33 Å². The Labute approximate surface area is 92.7 Å². The maximum absolute atomic E-state index is 9.63. The predicted molar refractivity (Wildman–Crippen MR) is 58.7 cm³/mol. The summed E-state index contributed by atoms with van der Waals surface area (Å²) in [5.74, 6) is 0.501. The molecule has 2 rings (SSSR count). The van der Waals surface area contributed by atoms with E-state index in [0.717, 1.165) is 19.3 Å². The first-order chi connectivity index (χ1) is 7.18. The molecule has 1 saturated carbocycles. The van der Waals surface area contributed by atoms with E-state index in [1.807, 2.05) is 0 Å². The van der Waals surface area contributed by atoms with Crippen molar-refractivity contribution in [1.29, 1.82) is 0 Å². The fraction of sp³-hybridized carbons (Fsp3) is 0.556. The summed E-state index contributed by atoms with van der Waals surface area (Å²) in [5, 5.41) is 13.0. The molecule has 1 aromatic heterocycles. The van der Waals surface area contributed by atoms with Gasteiger partial charge in [-0.05, 0) is 19.3 Å². The maximum atomic E-state index is 9.63. The third-order valence-electron chi connectivity index (χ3n) is 2.64. The van der Waals surface area contributed by atoms with Gasteiger partial charge in [-0.2, -0.15) is 0 Å². The van der Waals surface area contributed by atoms with Crippen LogP contribution < -0.4 is 11.1 Å². The summed E-state index contributed by atoms with van der Waals surface area (Å²) in [5.41, 5.74) is 6.04. The minimum Gasteiger partial charge on any atom is -0.393 e. The van der Waals surface area contributed by atoms with Crippen LogP contribution in [0.1, 0.15) is 19.3 Å². The van der Waals surface area contributed by atoms with Crippen molar-refractivity contribution in [2.24, 2.45) is 0 Å². The standard InChI is InChI=1S/C9H13ClN4O/c10-8-7(11)9(13-4-12-8)14-5-2-1-3-6(5)15/h4-6,15H,1-3,11H2,(H,12,13,14)/t5-,6-/m0/s1. The summed E-state index contributed by atoms with van der Waals surface area (Å²) >= 11 is 5.76. The van der Waals surface area contributed by atoms with E-state index in [-0.39, 0.29) is 17.3 Å². The smallest absolute Gasteiger partial charge is 0.157 e. The van der Waals surface area contributed by atoms with Gasteiger partial charge in [0.1, 0.15) is 12.0 Å². The highest BCUT2D eigenvalue weighted by Gasteiger charge is 2.26. The molecular formula is C9H13ClN4O. The highest BCUT2D eigenvalue weighted by molar-refractivity contribution is 6.32. The van der Waals surface area contributed by atoms with Crippen molar-refractivity contribution >= 4 is 23.1 Å². The van der Waals surface area contributed by atoms with Crippen LogP contribution in [0.25, 0.3) is 0 Å². The van der Waals surface area contributed by atoms with Gasteiger partial charge in [0.2, 0.25) is 0 Å². The van der Waals surface area contributed by atoms with E-state index in [9.17, 15) is 5.11 Å². The highest BCUT2D eigenvalue weighted by Crippen LogP contribution is 2.27. The van der Waals surface area contributed by atoms with Gasteiger partial charge in [-0.15, -0.1) is 0 Å². The largest absolute Gasteiger partial charge is 0.393 e. The second-order valence-corrected chi connectivity index (χ2v) is 4.03. The monoisotopic (exact) mass is 228 g/mol. The number of nitrogen functional groups attached to an aromatic ring is 1. The highest BCUT2D eigenvalue weighted by atomic mass is 35.5. The number of nitrogens with two attached hydrogens (primary N) is 1. The molecule has 1 fully saturated rings. The fourth-order valence-corrected chi connectivity index (χ4v) is 1.91. The van der Waals surface area contributed by atoms with Gasteiger partial charge in [-0.25, -0.2) is 9.97 Å². The average molecular weight is 229 g/mol. The van der Waals surface area contributed by atoms with Crippen molar-refractivity contribution in [2.75, 3.05) is 11.1 Å². The van der Waals surface area contributed by atoms with Crippen LogP contribution in [0, 0.1) is 0 Å². The molecule has 4 N–H and O–H groups in total. The van der Waals surface area contributed by atoms with Crippen molar-refractivity contribution in [3.05, 3.63) is 11.5 Å². The van der Waals surface area contributed by atoms with Gasteiger partial charge in [-0.3, -0.25) is 0 Å². The average Bonchev–Trinajstić information content (AvgIpc) is 2.60. The fourth-order valence-electron chi connectivity index (χ4n) is 1.77. The Hall–Kier alpha value is -1.07. The molecule has 0 bridgehead atoms. The van der Waals surface area contributed by atoms with Gasteiger partial charge in [-0.1, -0.05) is 11.6 Å². The Morgan fingerprint density at radius 1 is 1.47 bits per heavy atom. The first kappa shape index (κ1) is 10.4. The zero-order valence-electron chi connectivity index (χ0n) is 8.15. The third kappa shape index (κ3) is 2.13. The number of halogens is 1. The number of anilines is 2. The summed E-state index contributed by atoms with van der Waals surface area (Å²) in [4.78, 5) is 7.75. The van der Waals surface area contributed by atoms with Crippen LogP contribution in [0.2, 0.25) is 5.15 Å². The summed E-state index contributed by atoms with van der Waals surface area (Å²) in [6, 6.07) is 0.0123. The van der Waals surface area contributed by atoms with Crippen LogP contribution in [0.5, 0.6) is 0 Å². The van der Waals surface area contributed by atoms with Crippen molar-refractivity contribution in [1.82, 2.24) is 9.97 Å². The molecule has 0 aliphatic heterocycles. The normalized spacial score (nSPS) is 25.5. The molecule has 15 heavy (non-hydrogen) atoms. The first-order valence-electron chi connectivity index (χ1n) is 4.89. The van der Waals surface area contributed by atoms with E-state index in [0.29, 0.717) is 11.5 Å². The molecule has 0 aromatic carbocycles. The molecule has 0 radical (unpaired) electrons. The Kier molecular flexibility index (Phi) is 2.93. The van der Waals surface area contributed by atoms with Crippen molar-refractivity contribution in [3.8, 4) is 0 Å². The third-order valence-corrected chi connectivity index (χ3v) is 2.94. The van der Waals surface area contributed by atoms with Crippen molar-refractivity contribution < 1.29 is 5.11 Å². The Morgan fingerprint density at radius 2 is 2.27 bits per heavy atom. The SMILES string of the molecule is Nc1c(Cl)ncnc1N[C@H]1CCC[C@@H]1O. The van der Waals surface area contributed by atoms with E-state index in [1.54, 1.807) is 0 Å². The van der Waals surface area contributed by atoms with Crippen LogP contribution in [-0.2, 0) is 0 Å². The number of nitrogens with one attached hydrogen (secondary N) is 1. The molecule has 1 aromatic rings. The zero-order chi connectivity index (χ0) is 10.8. The molecular weight excluding hydrogens is 216 g/mol. The topological polar surface area (TPSA) is 84.1 Å². The molecule has 0 saturated heterocycles. The van der Waals surface area contributed by atoms with Crippen molar-refractivity contribution in [2.45, 2.75) is 31.4 Å². The van der Waals surface area contributed by atoms with E-state index < -0.39 is 0 Å². The first-order valence-corrected chi connectivity index (χ1v) is 5.27. The number of nitrogens with zero attached hydrogens (tertiary/aromatic N) is 2. The van der Waals surface area contributed by atoms with Gasteiger partial charge in [0.05, 0.1) is 12.1 Å². The molecule has 1 aliphatic rings. The minimum atomic E-state index is -0.335. The Morgan fingerprint density at radius 3 is 2.93 bits per heavy atom. The van der Waals surface area contributed by atoms with E-state index >= 15 is 0 Å². The van der Waals surface area contributed by atoms with Gasteiger partial charge >= 0.3 is 0 Å². The van der Waals surface area contributed by atoms with Crippen LogP contribution >= 0.6 is 11.6 Å². The summed E-state index contributed by atoms with van der Waals surface area (Å²) in [6.07, 6.45) is 3.76. The van der Waals surface area contributed by atoms with Gasteiger partial charge in [0.15, 0.2) is 11.0 Å². The number of aromatic nitrogens is 2. The second-order valence-electron chi connectivity index (χ2n) is 3.68. The maximum Gasteiger partial charge on any atom is 0.157 e. The minimum absolute atomic E-state index is 0.0123. The Balaban J connectivity index is 2.13. The van der Waals surface area contributed by atoms with Crippen LogP contribution in [-0.4, -0.2) is 27.2 Å². The number of hydrogen-bond acceptors (Lipinski definition) is 5. The molecule has 0 amide bonds. The molecule has 5 nitrogen and oxygen atoms in total. The summed E-state index contributed by atoms with van der Waals surface area (Å²) in [6.45, 7) is 0. The van der Waals surface area contributed by atoms with Gasteiger partial charge in [0.25, 0.3) is 0 Å². The lowest BCUT2D eigenvalue weighted by atomic mass is 10.2. The van der Waals surface area contributed by atoms with Gasteiger partial charge < -0.3 is 16.2 Å². The second kappa shape index (κ2) is 4.20. The summed E-state index contributed by atoms with van der Waals surface area (Å²) < 4.78 is 0. The lowest BCUT2D eigenvalue weighted by Crippen LogP contribution is -2.28. The van der Waals surface area contributed by atoms with E-state index in [4.69, 9.17) is 17.3 Å².